The van der Waals surface area contributed by atoms with Crippen molar-refractivity contribution in [2.45, 2.75) is 18.2 Å². The summed E-state index contributed by atoms with van der Waals surface area (Å²) in [5.41, 5.74) is 0. The van der Waals surface area contributed by atoms with Crippen molar-refractivity contribution in [3.05, 3.63) is 12.7 Å². The summed E-state index contributed by atoms with van der Waals surface area (Å²) in [6.45, 7) is 2.28. The van der Waals surface area contributed by atoms with Gasteiger partial charge in [-0.25, -0.2) is 4.79 Å². The molecule has 17 heavy (non-hydrogen) atoms. The number of hydrogen-bond acceptors (Lipinski definition) is 3. The predicted octanol–water partition coefficient (Wildman–Crippen LogP) is 3.12. The molecule has 0 unspecified atom stereocenters. The Kier molecular flexibility index (Phi) is 4.38. The Morgan fingerprint density at radius 2 is 1.59 bits per heavy atom. The highest BCUT2D eigenvalue weighted by Crippen LogP contribution is 2.47. The fraction of sp³-hybridized carbons (Fsp3) is 0.571. The molecular formula is C7H5F7O3. The molecule has 0 amide bonds. The fourth-order valence-electron chi connectivity index (χ4n) is 0.490. The molecule has 0 aliphatic rings. The molecule has 0 heterocycles. The minimum atomic E-state index is -6.57. The zero-order valence-electron chi connectivity index (χ0n) is 7.86. The van der Waals surface area contributed by atoms with Crippen LogP contribution in [0.3, 0.4) is 0 Å². The molecular weight excluding hydrogens is 265 g/mol. The van der Waals surface area contributed by atoms with E-state index < -0.39 is 31.0 Å². The number of halogens is 7. The molecule has 3 nitrogen and oxygen atoms in total. The molecule has 0 aromatic rings. The van der Waals surface area contributed by atoms with Gasteiger partial charge in [0.1, 0.15) is 6.61 Å². The highest BCUT2D eigenvalue weighted by molar-refractivity contribution is 5.60. The summed E-state index contributed by atoms with van der Waals surface area (Å²) in [7, 11) is 0. The van der Waals surface area contributed by atoms with Gasteiger partial charge in [0.05, 0.1) is 0 Å². The molecule has 0 saturated carbocycles. The minimum Gasteiger partial charge on any atom is -0.430 e. The average molecular weight is 270 g/mol. The van der Waals surface area contributed by atoms with Crippen LogP contribution in [0.5, 0.6) is 0 Å². The third-order valence-corrected chi connectivity index (χ3v) is 1.25. The van der Waals surface area contributed by atoms with Crippen LogP contribution in [0.25, 0.3) is 0 Å². The van der Waals surface area contributed by atoms with Gasteiger partial charge in [0.25, 0.3) is 0 Å². The summed E-state index contributed by atoms with van der Waals surface area (Å²) in [6, 6.07) is 0. The maximum atomic E-state index is 12.4. The van der Waals surface area contributed by atoms with Gasteiger partial charge in [0.15, 0.2) is 0 Å². The van der Waals surface area contributed by atoms with Crippen LogP contribution in [0.15, 0.2) is 12.7 Å². The molecule has 0 aliphatic carbocycles. The maximum Gasteiger partial charge on any atom is 0.513 e. The van der Waals surface area contributed by atoms with Crippen molar-refractivity contribution in [3.8, 4) is 0 Å². The van der Waals surface area contributed by atoms with Crippen molar-refractivity contribution in [2.75, 3.05) is 6.61 Å². The predicted molar refractivity (Wildman–Crippen MR) is 38.6 cm³/mol. The number of rotatable bonds is 4. The van der Waals surface area contributed by atoms with Crippen LogP contribution in [0.4, 0.5) is 35.5 Å². The Labute approximate surface area is 89.8 Å². The van der Waals surface area contributed by atoms with Crippen molar-refractivity contribution in [1.29, 1.82) is 0 Å². The van der Waals surface area contributed by atoms with Gasteiger partial charge in [0.2, 0.25) is 0 Å². The molecule has 0 atom stereocenters. The van der Waals surface area contributed by atoms with Crippen LogP contribution in [-0.2, 0) is 9.47 Å². The van der Waals surface area contributed by atoms with Crippen LogP contribution in [-0.4, -0.2) is 31.0 Å². The van der Waals surface area contributed by atoms with Gasteiger partial charge in [-0.3, -0.25) is 0 Å². The number of hydrogen-bond donors (Lipinski definition) is 0. The summed E-state index contributed by atoms with van der Waals surface area (Å²) in [6.07, 6.45) is -14.2. The van der Waals surface area contributed by atoms with E-state index in [0.717, 1.165) is 6.08 Å². The highest BCUT2D eigenvalue weighted by atomic mass is 19.4. The van der Waals surface area contributed by atoms with E-state index in [1.54, 1.807) is 0 Å². The summed E-state index contributed by atoms with van der Waals surface area (Å²) in [4.78, 5) is 10.3. The van der Waals surface area contributed by atoms with Crippen molar-refractivity contribution < 1.29 is 45.0 Å². The van der Waals surface area contributed by atoms with E-state index >= 15 is 0 Å². The Morgan fingerprint density at radius 3 is 1.94 bits per heavy atom. The second-order valence-electron chi connectivity index (χ2n) is 2.54. The number of alkyl halides is 7. The molecule has 0 fully saturated rings. The van der Waals surface area contributed by atoms with Gasteiger partial charge in [-0.2, -0.15) is 30.7 Å². The molecule has 0 aliphatic heterocycles. The summed E-state index contributed by atoms with van der Waals surface area (Å²) in [5, 5.41) is 0. The van der Waals surface area contributed by atoms with Gasteiger partial charge in [-0.15, -0.1) is 0 Å². The molecule has 0 rings (SSSR count). The molecule has 0 aromatic carbocycles. The zero-order valence-corrected chi connectivity index (χ0v) is 7.86. The molecule has 10 heteroatoms. The van der Waals surface area contributed by atoms with Gasteiger partial charge in [-0.05, 0) is 0 Å². The highest BCUT2D eigenvalue weighted by Gasteiger charge is 2.76. The van der Waals surface area contributed by atoms with Crippen molar-refractivity contribution in [1.82, 2.24) is 0 Å². The molecule has 100 valence electrons. The smallest absolute Gasteiger partial charge is 0.430 e. The fourth-order valence-corrected chi connectivity index (χ4v) is 0.490. The molecule has 0 saturated heterocycles. The normalized spacial score (nSPS) is 13.1. The Morgan fingerprint density at radius 1 is 1.12 bits per heavy atom. The third-order valence-electron chi connectivity index (χ3n) is 1.25. The first-order chi connectivity index (χ1) is 7.45. The van der Waals surface area contributed by atoms with Crippen molar-refractivity contribution >= 4 is 6.16 Å². The Bertz CT molecular complexity index is 296. The largest absolute Gasteiger partial charge is 0.513 e. The van der Waals surface area contributed by atoms with E-state index in [-0.39, 0.29) is 0 Å². The molecule has 0 N–H and O–H groups in total. The molecule has 0 bridgehead atoms. The lowest BCUT2D eigenvalue weighted by molar-refractivity contribution is -0.411. The van der Waals surface area contributed by atoms with E-state index in [4.69, 9.17) is 0 Å². The van der Waals surface area contributed by atoms with Gasteiger partial charge in [-0.1, -0.05) is 12.7 Å². The molecule has 0 spiro atoms. The SMILES string of the molecule is C=CCOC(=O)OC(F)(F)C(F)(F)C(F)(F)F. The third kappa shape index (κ3) is 3.49. The van der Waals surface area contributed by atoms with E-state index in [9.17, 15) is 35.5 Å². The minimum absolute atomic E-state index is 0.688. The van der Waals surface area contributed by atoms with E-state index in [0.29, 0.717) is 0 Å². The van der Waals surface area contributed by atoms with Crippen molar-refractivity contribution in [2.24, 2.45) is 0 Å². The number of carbonyl (C=O) groups is 1. The van der Waals surface area contributed by atoms with E-state index in [1.165, 1.54) is 0 Å². The molecule has 0 aromatic heterocycles. The first kappa shape index (κ1) is 15.5. The van der Waals surface area contributed by atoms with Crippen LogP contribution >= 0.6 is 0 Å². The quantitative estimate of drug-likeness (QED) is 0.447. The second kappa shape index (κ2) is 4.80. The van der Waals surface area contributed by atoms with Crippen molar-refractivity contribution in [3.63, 3.8) is 0 Å². The monoisotopic (exact) mass is 270 g/mol. The van der Waals surface area contributed by atoms with Gasteiger partial charge < -0.3 is 9.47 Å². The maximum absolute atomic E-state index is 12.4. The second-order valence-corrected chi connectivity index (χ2v) is 2.54. The number of carbonyl (C=O) groups excluding carboxylic acids is 1. The summed E-state index contributed by atoms with van der Waals surface area (Å²) < 4.78 is 90.0. The lowest BCUT2D eigenvalue weighted by Gasteiger charge is -2.26. The summed E-state index contributed by atoms with van der Waals surface area (Å²) >= 11 is 0. The van der Waals surface area contributed by atoms with Crippen LogP contribution < -0.4 is 0 Å². The zero-order chi connectivity index (χ0) is 13.9. The average Bonchev–Trinajstić information content (AvgIpc) is 2.11. The Balaban J connectivity index is 4.78. The first-order valence-corrected chi connectivity index (χ1v) is 3.74. The van der Waals surface area contributed by atoms with Crippen LogP contribution in [0, 0.1) is 0 Å². The number of ether oxygens (including phenoxy) is 2. The lowest BCUT2D eigenvalue weighted by atomic mass is 10.3. The summed E-state index contributed by atoms with van der Waals surface area (Å²) in [5.74, 6) is -6.52. The van der Waals surface area contributed by atoms with Crippen LogP contribution in [0.2, 0.25) is 0 Å². The van der Waals surface area contributed by atoms with Gasteiger partial charge in [0, 0.05) is 0 Å². The van der Waals surface area contributed by atoms with Crippen LogP contribution in [0.1, 0.15) is 0 Å². The van der Waals surface area contributed by atoms with Gasteiger partial charge >= 0.3 is 24.4 Å². The first-order valence-electron chi connectivity index (χ1n) is 3.74. The standard InChI is InChI=1S/C7H5F7O3/c1-2-3-16-4(15)17-7(13,14)5(8,9)6(10,11)12/h2H,1,3H2. The lowest BCUT2D eigenvalue weighted by Crippen LogP contribution is -2.54. The Hall–Kier alpha value is -1.48. The molecule has 0 radical (unpaired) electrons. The van der Waals surface area contributed by atoms with E-state index in [2.05, 4.69) is 16.1 Å². The topological polar surface area (TPSA) is 35.5 Å². The van der Waals surface area contributed by atoms with E-state index in [1.807, 2.05) is 0 Å².